The summed E-state index contributed by atoms with van der Waals surface area (Å²) >= 11 is 0. The summed E-state index contributed by atoms with van der Waals surface area (Å²) in [7, 11) is 9.02. The van der Waals surface area contributed by atoms with Gasteiger partial charge in [0.1, 0.15) is 30.1 Å². The number of nitrogens with zero attached hydrogens (tertiary/aromatic N) is 4. The van der Waals surface area contributed by atoms with Gasteiger partial charge >= 0.3 is 5.97 Å². The molecule has 16 heteroatoms. The van der Waals surface area contributed by atoms with Gasteiger partial charge in [-0.15, -0.1) is 5.10 Å². The van der Waals surface area contributed by atoms with E-state index in [9.17, 15) is 9.90 Å². The molecule has 5 fully saturated rings. The molecule has 3 aliphatic heterocycles. The van der Waals surface area contributed by atoms with Crippen molar-refractivity contribution in [3.8, 4) is 11.3 Å². The van der Waals surface area contributed by atoms with Gasteiger partial charge in [-0.1, -0.05) is 37.3 Å². The minimum Gasteiger partial charge on any atom is -0.462 e. The minimum atomic E-state index is -1.00. The molecule has 19 atom stereocenters. The number of anilines is 1. The van der Waals surface area contributed by atoms with Crippen LogP contribution in [0.5, 0.6) is 0 Å². The summed E-state index contributed by atoms with van der Waals surface area (Å²) in [6.07, 6.45) is 4.57. The highest BCUT2D eigenvalue weighted by molar-refractivity contribution is 5.99. The van der Waals surface area contributed by atoms with Crippen molar-refractivity contribution in [3.05, 3.63) is 42.1 Å². The third kappa shape index (κ3) is 9.71. The molecule has 16 nitrogen and oxygen atoms in total. The first kappa shape index (κ1) is 48.1. The van der Waals surface area contributed by atoms with Crippen molar-refractivity contribution in [2.75, 3.05) is 41.2 Å². The Morgan fingerprint density at radius 1 is 0.892 bits per heavy atom. The molecule has 3 aliphatic carbocycles. The highest BCUT2D eigenvalue weighted by Gasteiger charge is 2.60. The molecule has 360 valence electrons. The molecular formula is C49H73N5O11. The Balaban J connectivity index is 1.13. The van der Waals surface area contributed by atoms with Crippen molar-refractivity contribution < 1.29 is 52.6 Å². The van der Waals surface area contributed by atoms with Gasteiger partial charge in [-0.3, -0.25) is 9.59 Å². The van der Waals surface area contributed by atoms with Crippen LogP contribution in [0.2, 0.25) is 0 Å². The number of fused-ring (bicyclic) bond motifs is 5. The maximum atomic E-state index is 15.2. The maximum Gasteiger partial charge on any atom is 0.306 e. The summed E-state index contributed by atoms with van der Waals surface area (Å²) < 4.78 is 52.2. The van der Waals surface area contributed by atoms with Crippen molar-refractivity contribution in [2.24, 2.45) is 35.5 Å². The van der Waals surface area contributed by atoms with Crippen molar-refractivity contribution in [2.45, 2.75) is 165 Å². The number of rotatable bonds is 11. The van der Waals surface area contributed by atoms with Crippen LogP contribution in [0.3, 0.4) is 0 Å². The minimum absolute atomic E-state index is 0.0266. The number of hydrogen-bond donors (Lipinski definition) is 2. The van der Waals surface area contributed by atoms with Crippen LogP contribution in [0.4, 0.5) is 5.69 Å². The zero-order valence-electron chi connectivity index (χ0n) is 39.7. The molecular weight excluding hydrogens is 835 g/mol. The SMILES string of the molecule is CC[C@H]1CCC[C@H](O[C@H]2CC[C@H](N(C)C)C(C)O2)[C@@H](C)C(=O)C2=C[C@H]3[C@@H]4C[C@H](O[C@@H]5OC(C)[C@H](OC)C(OC)C5OC)C[C@H]4C(n4cc(-c5ccc(N)cc5)nn4)C(O)[C@H]3[C@@H]2CC(=O)O1. The average molecular weight is 908 g/mol. The lowest BCUT2D eigenvalue weighted by Crippen LogP contribution is -2.59. The molecule has 8 rings (SSSR count). The number of allylic oxidation sites excluding steroid dienone is 2. The second kappa shape index (κ2) is 20.5. The number of hydrogen-bond acceptors (Lipinski definition) is 15. The monoisotopic (exact) mass is 908 g/mol. The van der Waals surface area contributed by atoms with E-state index < -0.39 is 60.8 Å². The number of esters is 1. The van der Waals surface area contributed by atoms with E-state index in [0.717, 1.165) is 24.8 Å². The smallest absolute Gasteiger partial charge is 0.306 e. The van der Waals surface area contributed by atoms with Crippen LogP contribution >= 0.6 is 0 Å². The lowest BCUT2D eigenvalue weighted by Gasteiger charge is -2.46. The average Bonchev–Trinajstić information content (AvgIpc) is 4.03. The number of aliphatic hydroxyl groups excluding tert-OH is 1. The third-order valence-electron chi connectivity index (χ3n) is 15.9. The lowest BCUT2D eigenvalue weighted by atomic mass is 9.62. The Morgan fingerprint density at radius 3 is 2.29 bits per heavy atom. The van der Waals surface area contributed by atoms with Gasteiger partial charge in [0.15, 0.2) is 18.4 Å². The zero-order valence-corrected chi connectivity index (χ0v) is 39.7. The number of carbonyl (C=O) groups is 2. The topological polar surface area (TPSA) is 188 Å². The van der Waals surface area contributed by atoms with Crippen LogP contribution in [-0.4, -0.2) is 146 Å². The molecule has 0 amide bonds. The number of aromatic nitrogens is 3. The highest BCUT2D eigenvalue weighted by Crippen LogP contribution is 2.60. The van der Waals surface area contributed by atoms with E-state index in [4.69, 9.17) is 43.6 Å². The molecule has 3 saturated heterocycles. The second-order valence-corrected chi connectivity index (χ2v) is 19.8. The summed E-state index contributed by atoms with van der Waals surface area (Å²) in [4.78, 5) is 31.4. The molecule has 1 aromatic heterocycles. The van der Waals surface area contributed by atoms with E-state index in [1.54, 1.807) is 26.0 Å². The van der Waals surface area contributed by atoms with Gasteiger partial charge in [0.2, 0.25) is 0 Å². The van der Waals surface area contributed by atoms with Gasteiger partial charge in [-0.25, -0.2) is 4.68 Å². The number of carbonyl (C=O) groups excluding carboxylic acids is 2. The first-order valence-electron chi connectivity index (χ1n) is 24.0. The Bertz CT molecular complexity index is 1960. The van der Waals surface area contributed by atoms with Crippen LogP contribution < -0.4 is 5.73 Å². The number of Topliss-reactive ketones (excluding diaryl/α,β-unsaturated/α-hetero) is 1. The fourth-order valence-electron chi connectivity index (χ4n) is 12.5. The van der Waals surface area contributed by atoms with Crippen LogP contribution in [-0.2, 0) is 47.5 Å². The van der Waals surface area contributed by atoms with Gasteiger partial charge in [-0.2, -0.15) is 0 Å². The fraction of sp³-hybridized carbons (Fsp3) is 0.755. The van der Waals surface area contributed by atoms with Crippen molar-refractivity contribution >= 4 is 17.4 Å². The van der Waals surface area contributed by atoms with E-state index in [1.807, 2.05) is 51.2 Å². The number of aliphatic hydroxyl groups is 1. The van der Waals surface area contributed by atoms with E-state index in [0.29, 0.717) is 49.1 Å². The Kier molecular flexibility index (Phi) is 15.2. The first-order chi connectivity index (χ1) is 31.2. The molecule has 0 radical (unpaired) electrons. The van der Waals surface area contributed by atoms with Gasteiger partial charge in [0.05, 0.1) is 49.2 Å². The lowest BCUT2D eigenvalue weighted by molar-refractivity contribution is -0.314. The number of ketones is 1. The summed E-state index contributed by atoms with van der Waals surface area (Å²) in [5.41, 5.74) is 8.70. The molecule has 0 bridgehead atoms. The molecule has 3 N–H and O–H groups in total. The highest BCUT2D eigenvalue weighted by atomic mass is 16.7. The number of ether oxygens (including phenoxy) is 8. The molecule has 6 aliphatic rings. The molecule has 2 saturated carbocycles. The Morgan fingerprint density at radius 2 is 1.62 bits per heavy atom. The molecule has 1 aromatic carbocycles. The van der Waals surface area contributed by atoms with Crippen molar-refractivity contribution in [1.82, 2.24) is 19.9 Å². The summed E-state index contributed by atoms with van der Waals surface area (Å²) in [6.45, 7) is 8.01. The third-order valence-corrected chi connectivity index (χ3v) is 15.9. The van der Waals surface area contributed by atoms with Gasteiger partial charge in [0.25, 0.3) is 0 Å². The van der Waals surface area contributed by atoms with E-state index in [-0.39, 0.29) is 72.5 Å². The van der Waals surface area contributed by atoms with Crippen molar-refractivity contribution in [1.29, 1.82) is 0 Å². The first-order valence-corrected chi connectivity index (χ1v) is 24.0. The molecule has 0 spiro atoms. The normalized spacial score (nSPS) is 41.5. The quantitative estimate of drug-likeness (QED) is 0.216. The van der Waals surface area contributed by atoms with Crippen molar-refractivity contribution in [3.63, 3.8) is 0 Å². The van der Waals surface area contributed by atoms with E-state index in [2.05, 4.69) is 42.3 Å². The zero-order chi connectivity index (χ0) is 46.3. The van der Waals surface area contributed by atoms with Crippen LogP contribution in [0, 0.1) is 35.5 Å². The Labute approximate surface area is 384 Å². The molecule has 4 heterocycles. The number of likely N-dealkylation sites (N-methyl/N-ethyl adjacent to an activating group) is 1. The van der Waals surface area contributed by atoms with E-state index in [1.165, 1.54) is 0 Å². The van der Waals surface area contributed by atoms with Gasteiger partial charge < -0.3 is 53.6 Å². The number of methoxy groups -OCH3 is 3. The van der Waals surface area contributed by atoms with Crippen LogP contribution in [0.25, 0.3) is 11.3 Å². The molecule has 65 heavy (non-hydrogen) atoms. The number of benzene rings is 1. The van der Waals surface area contributed by atoms with Crippen LogP contribution in [0.15, 0.2) is 42.1 Å². The van der Waals surface area contributed by atoms with Gasteiger partial charge in [-0.05, 0) is 115 Å². The largest absolute Gasteiger partial charge is 0.462 e. The number of cyclic esters (lactones) is 1. The van der Waals surface area contributed by atoms with E-state index >= 15 is 4.79 Å². The number of nitrogens with two attached hydrogens (primary N) is 1. The summed E-state index contributed by atoms with van der Waals surface area (Å²) in [5, 5.41) is 22.2. The standard InChI is InChI=1S/C49H73N5O11/c1-10-30-12-11-13-39(65-41-19-18-38(53(5)6)26(3)61-41)25(2)44(56)36-22-33-32-20-31(64-49-48(60-9)47(59-8)46(58-7)27(4)62-49)21-35(32)43(45(57)42(33)34(36)23-40(55)63-30)54-24-37(51-52-54)28-14-16-29(50)17-15-28/h14-17,22,24-27,30-35,38-39,41-43,45-49,57H,10-13,18-21,23,50H2,1-9H3/t25-,26?,27?,30+,31+,32+,33+,34-,35-,38+,39+,41+,42-,43?,45?,46+,47?,48?,49+/m1/s1. The predicted molar refractivity (Wildman–Crippen MR) is 240 cm³/mol. The second-order valence-electron chi connectivity index (χ2n) is 19.8. The Hall–Kier alpha value is -3.32. The predicted octanol–water partition coefficient (Wildman–Crippen LogP) is 5.37. The molecule has 6 unspecified atom stereocenters. The maximum absolute atomic E-state index is 15.2. The number of nitrogen functional groups attached to an aromatic ring is 1. The molecule has 2 aromatic rings. The fourth-order valence-corrected chi connectivity index (χ4v) is 12.5. The van der Waals surface area contributed by atoms with Gasteiger partial charge in [0, 0.05) is 56.4 Å². The van der Waals surface area contributed by atoms with Crippen LogP contribution in [0.1, 0.15) is 91.5 Å². The summed E-state index contributed by atoms with van der Waals surface area (Å²) in [5.74, 6) is -2.47. The summed E-state index contributed by atoms with van der Waals surface area (Å²) in [6, 6.07) is 7.18.